The van der Waals surface area contributed by atoms with E-state index < -0.39 is 7.05 Å². The summed E-state index contributed by atoms with van der Waals surface area (Å²) in [6.45, 7) is 8.38. The van der Waals surface area contributed by atoms with Crippen LogP contribution in [0.3, 0.4) is 0 Å². The lowest BCUT2D eigenvalue weighted by molar-refractivity contribution is -0.125. The molecule has 1 amide bonds. The molecule has 0 aromatic heterocycles. The smallest absolute Gasteiger partial charge is 0.377 e. The van der Waals surface area contributed by atoms with Crippen molar-refractivity contribution >= 4 is 24.7 Å². The van der Waals surface area contributed by atoms with Gasteiger partial charge in [-0.1, -0.05) is 24.3 Å². The van der Waals surface area contributed by atoms with E-state index in [1.807, 2.05) is 36.0 Å². The van der Waals surface area contributed by atoms with Crippen molar-refractivity contribution in [3.05, 3.63) is 35.4 Å². The third-order valence-electron chi connectivity index (χ3n) is 4.02. The predicted molar refractivity (Wildman–Crippen MR) is 89.0 cm³/mol. The van der Waals surface area contributed by atoms with E-state index in [0.29, 0.717) is 12.4 Å². The zero-order valence-corrected chi connectivity index (χ0v) is 13.9. The summed E-state index contributed by atoms with van der Waals surface area (Å²) < 4.78 is -0.202. The summed E-state index contributed by atoms with van der Waals surface area (Å²) in [7, 11) is -0.617. The van der Waals surface area contributed by atoms with Gasteiger partial charge in [-0.05, 0) is 38.7 Å². The van der Waals surface area contributed by atoms with Crippen LogP contribution in [0, 0.1) is 6.92 Å². The number of nitrogens with one attached hydrogen (secondary N) is 1. The number of nitrogens with zero attached hydrogens (tertiary/aromatic N) is 1. The van der Waals surface area contributed by atoms with Crippen molar-refractivity contribution < 1.29 is 9.82 Å². The Balaban J connectivity index is 2.06. The van der Waals surface area contributed by atoms with Crippen LogP contribution in [-0.4, -0.2) is 39.5 Å². The second-order valence-corrected chi connectivity index (χ2v) is 7.67. The van der Waals surface area contributed by atoms with Gasteiger partial charge in [0.25, 0.3) is 0 Å². The molecule has 4 nitrogen and oxygen atoms in total. The first-order chi connectivity index (χ1) is 9.83. The SMILES string of the molecule is CB(O)N1CSC(C)(C)[C@H]1C(=O)NCc1ccccc1C. The quantitative estimate of drug-likeness (QED) is 0.834. The second kappa shape index (κ2) is 6.42. The number of thioether (sulfide) groups is 1. The van der Waals surface area contributed by atoms with E-state index in [0.717, 1.165) is 5.56 Å². The van der Waals surface area contributed by atoms with Gasteiger partial charge in [0.15, 0.2) is 0 Å². The third-order valence-corrected chi connectivity index (χ3v) is 5.41. The van der Waals surface area contributed by atoms with E-state index in [1.165, 1.54) is 5.56 Å². The van der Waals surface area contributed by atoms with Crippen LogP contribution >= 0.6 is 11.8 Å². The van der Waals surface area contributed by atoms with Gasteiger partial charge in [0.05, 0.1) is 6.04 Å². The molecular formula is C15H23BN2O2S. The van der Waals surface area contributed by atoms with Crippen LogP contribution in [0.25, 0.3) is 0 Å². The molecule has 0 unspecified atom stereocenters. The maximum atomic E-state index is 12.6. The van der Waals surface area contributed by atoms with Gasteiger partial charge in [0.2, 0.25) is 5.91 Å². The average Bonchev–Trinajstić information content (AvgIpc) is 2.73. The number of hydrogen-bond donors (Lipinski definition) is 2. The van der Waals surface area contributed by atoms with Crippen molar-refractivity contribution in [2.45, 2.75) is 44.9 Å². The Morgan fingerprint density at radius 3 is 2.81 bits per heavy atom. The van der Waals surface area contributed by atoms with Gasteiger partial charge in [-0.2, -0.15) is 0 Å². The Morgan fingerprint density at radius 1 is 1.52 bits per heavy atom. The summed E-state index contributed by atoms with van der Waals surface area (Å²) >= 11 is 1.70. The molecule has 1 atom stereocenters. The molecule has 1 aromatic rings. The molecule has 21 heavy (non-hydrogen) atoms. The Kier molecular flexibility index (Phi) is 5.01. The van der Waals surface area contributed by atoms with Crippen molar-refractivity contribution in [2.24, 2.45) is 0 Å². The molecule has 1 aliphatic rings. The molecule has 0 aliphatic carbocycles. The van der Waals surface area contributed by atoms with Crippen molar-refractivity contribution in [1.29, 1.82) is 0 Å². The van der Waals surface area contributed by atoms with Crippen LogP contribution in [0.5, 0.6) is 0 Å². The molecule has 6 heteroatoms. The molecule has 1 saturated heterocycles. The standard InChI is InChI=1S/C15H23BN2O2S/c1-11-7-5-6-8-12(11)9-17-14(19)13-15(2,3)21-10-18(13)16(4)20/h5-8,13,20H,9-10H2,1-4H3,(H,17,19)/t13-/m1/s1. The zero-order chi connectivity index (χ0) is 15.6. The molecular weight excluding hydrogens is 283 g/mol. The molecule has 2 N–H and O–H groups in total. The van der Waals surface area contributed by atoms with E-state index in [2.05, 4.69) is 19.2 Å². The van der Waals surface area contributed by atoms with E-state index in [9.17, 15) is 9.82 Å². The number of amides is 1. The fourth-order valence-corrected chi connectivity index (χ4v) is 3.92. The van der Waals surface area contributed by atoms with E-state index in [-0.39, 0.29) is 16.7 Å². The highest BCUT2D eigenvalue weighted by Crippen LogP contribution is 2.39. The second-order valence-electron chi connectivity index (χ2n) is 6.07. The number of rotatable bonds is 4. The van der Waals surface area contributed by atoms with Crippen molar-refractivity contribution in [3.63, 3.8) is 0 Å². The van der Waals surface area contributed by atoms with Gasteiger partial charge >= 0.3 is 7.05 Å². The summed E-state index contributed by atoms with van der Waals surface area (Å²) in [6, 6.07) is 7.72. The van der Waals surface area contributed by atoms with Gasteiger partial charge in [-0.3, -0.25) is 9.61 Å². The number of hydrogen-bond acceptors (Lipinski definition) is 4. The van der Waals surface area contributed by atoms with Gasteiger partial charge in [-0.25, -0.2) is 0 Å². The monoisotopic (exact) mass is 306 g/mol. The lowest BCUT2D eigenvalue weighted by atomic mass is 9.81. The largest absolute Gasteiger partial charge is 0.437 e. The fraction of sp³-hybridized carbons (Fsp3) is 0.533. The summed E-state index contributed by atoms with van der Waals surface area (Å²) in [6.07, 6.45) is 0. The van der Waals surface area contributed by atoms with Crippen LogP contribution in [-0.2, 0) is 11.3 Å². The first-order valence-corrected chi connectivity index (χ1v) is 8.21. The van der Waals surface area contributed by atoms with Crippen molar-refractivity contribution in [1.82, 2.24) is 10.1 Å². The van der Waals surface area contributed by atoms with Gasteiger partial charge in [-0.15, -0.1) is 11.8 Å². The Hall–Kier alpha value is -0.975. The minimum absolute atomic E-state index is 0.0193. The van der Waals surface area contributed by atoms with Crippen molar-refractivity contribution in [3.8, 4) is 0 Å². The van der Waals surface area contributed by atoms with Crippen LogP contribution in [0.2, 0.25) is 6.82 Å². The number of carbonyl (C=O) groups excluding carboxylic acids is 1. The number of aryl methyl sites for hydroxylation is 1. The summed E-state index contributed by atoms with van der Waals surface area (Å²) in [5.41, 5.74) is 2.29. The molecule has 1 fully saturated rings. The van der Waals surface area contributed by atoms with E-state index >= 15 is 0 Å². The minimum atomic E-state index is -0.617. The molecule has 114 valence electrons. The minimum Gasteiger partial charge on any atom is -0.437 e. The topological polar surface area (TPSA) is 52.6 Å². The van der Waals surface area contributed by atoms with Gasteiger partial charge in [0, 0.05) is 17.2 Å². The predicted octanol–water partition coefficient (Wildman–Crippen LogP) is 1.88. The third kappa shape index (κ3) is 3.62. The van der Waals surface area contributed by atoms with Gasteiger partial charge in [0.1, 0.15) is 0 Å². The Bertz CT molecular complexity index is 522. The molecule has 2 rings (SSSR count). The van der Waals surface area contributed by atoms with Crippen LogP contribution in [0.4, 0.5) is 0 Å². The summed E-state index contributed by atoms with van der Waals surface area (Å²) in [5.74, 6) is 0.654. The van der Waals surface area contributed by atoms with Crippen LogP contribution < -0.4 is 5.32 Å². The van der Waals surface area contributed by atoms with E-state index in [4.69, 9.17) is 0 Å². The molecule has 0 spiro atoms. The van der Waals surface area contributed by atoms with Gasteiger partial charge < -0.3 is 10.3 Å². The van der Waals surface area contributed by atoms with Crippen LogP contribution in [0.15, 0.2) is 24.3 Å². The molecule has 0 radical (unpaired) electrons. The normalized spacial score (nSPS) is 21.3. The fourth-order valence-electron chi connectivity index (χ4n) is 2.67. The Labute approximate surface area is 131 Å². The molecule has 1 heterocycles. The van der Waals surface area contributed by atoms with Crippen molar-refractivity contribution in [2.75, 3.05) is 5.88 Å². The molecule has 0 bridgehead atoms. The highest BCUT2D eigenvalue weighted by atomic mass is 32.2. The maximum absolute atomic E-state index is 12.6. The average molecular weight is 306 g/mol. The number of carbonyl (C=O) groups is 1. The lowest BCUT2D eigenvalue weighted by Crippen LogP contribution is -2.55. The summed E-state index contributed by atoms with van der Waals surface area (Å²) in [5, 5.41) is 12.9. The first-order valence-electron chi connectivity index (χ1n) is 7.23. The highest BCUT2D eigenvalue weighted by molar-refractivity contribution is 8.00. The first kappa shape index (κ1) is 16.4. The van der Waals surface area contributed by atoms with E-state index in [1.54, 1.807) is 18.6 Å². The molecule has 1 aromatic carbocycles. The van der Waals surface area contributed by atoms with Crippen LogP contribution in [0.1, 0.15) is 25.0 Å². The zero-order valence-electron chi connectivity index (χ0n) is 13.1. The summed E-state index contributed by atoms with van der Waals surface area (Å²) in [4.78, 5) is 14.4. The maximum Gasteiger partial charge on any atom is 0.377 e. The lowest BCUT2D eigenvalue weighted by Gasteiger charge is -2.31. The Morgan fingerprint density at radius 2 is 2.19 bits per heavy atom. The molecule has 0 saturated carbocycles. The number of benzene rings is 1. The molecule has 1 aliphatic heterocycles. The highest BCUT2D eigenvalue weighted by Gasteiger charge is 2.47.